The second kappa shape index (κ2) is 5.95. The first-order valence-electron chi connectivity index (χ1n) is 7.60. The van der Waals surface area contributed by atoms with Crippen LogP contribution >= 0.6 is 0 Å². The van der Waals surface area contributed by atoms with Crippen LogP contribution in [-0.2, 0) is 16.1 Å². The van der Waals surface area contributed by atoms with Crippen molar-refractivity contribution in [3.05, 3.63) is 18.0 Å². The maximum atomic E-state index is 11.5. The summed E-state index contributed by atoms with van der Waals surface area (Å²) in [7, 11) is 1.47. The number of hydrogen-bond acceptors (Lipinski definition) is 4. The predicted molar refractivity (Wildman–Crippen MR) is 75.1 cm³/mol. The summed E-state index contributed by atoms with van der Waals surface area (Å²) in [5.74, 6) is -0.0408. The number of methoxy groups -OCH3 is 1. The van der Waals surface area contributed by atoms with Gasteiger partial charge in [0.25, 0.3) is 0 Å². The van der Waals surface area contributed by atoms with Crippen molar-refractivity contribution in [2.24, 2.45) is 5.92 Å². The number of aromatic nitrogens is 2. The molecular formula is C15H23N3O2. The number of carbonyl (C=O) groups is 1. The Balaban J connectivity index is 1.55. The van der Waals surface area contributed by atoms with Gasteiger partial charge in [0.15, 0.2) is 0 Å². The Morgan fingerprint density at radius 3 is 2.95 bits per heavy atom. The summed E-state index contributed by atoms with van der Waals surface area (Å²) in [6.07, 6.45) is 8.18. The molecule has 2 aliphatic rings. The summed E-state index contributed by atoms with van der Waals surface area (Å²) in [4.78, 5) is 13.8. The second-order valence-electron chi connectivity index (χ2n) is 5.97. The van der Waals surface area contributed by atoms with Crippen molar-refractivity contribution in [3.63, 3.8) is 0 Å². The Morgan fingerprint density at radius 2 is 2.20 bits per heavy atom. The van der Waals surface area contributed by atoms with Gasteiger partial charge in [0.1, 0.15) is 0 Å². The fourth-order valence-corrected chi connectivity index (χ4v) is 3.40. The lowest BCUT2D eigenvalue weighted by Gasteiger charge is -2.14. The van der Waals surface area contributed by atoms with Gasteiger partial charge in [-0.1, -0.05) is 12.8 Å². The topological polar surface area (TPSA) is 47.4 Å². The molecule has 0 spiro atoms. The third-order valence-corrected chi connectivity index (χ3v) is 4.55. The normalized spacial score (nSPS) is 24.4. The molecule has 1 saturated carbocycles. The molecule has 1 aromatic rings. The van der Waals surface area contributed by atoms with Crippen LogP contribution in [0.15, 0.2) is 12.3 Å². The zero-order valence-corrected chi connectivity index (χ0v) is 12.1. The summed E-state index contributed by atoms with van der Waals surface area (Å²) < 4.78 is 6.95. The number of likely N-dealkylation sites (tertiary alicyclic amines) is 1. The molecule has 1 aromatic heterocycles. The predicted octanol–water partition coefficient (Wildman–Crippen LogP) is 1.99. The van der Waals surface area contributed by atoms with Crippen LogP contribution < -0.4 is 0 Å². The largest absolute Gasteiger partial charge is 0.469 e. The van der Waals surface area contributed by atoms with Gasteiger partial charge in [-0.05, 0) is 31.9 Å². The minimum absolute atomic E-state index is 0.0388. The Kier molecular flexibility index (Phi) is 4.05. The van der Waals surface area contributed by atoms with Crippen LogP contribution in [-0.4, -0.2) is 40.8 Å². The van der Waals surface area contributed by atoms with Crippen LogP contribution in [0.1, 0.15) is 43.8 Å². The average molecular weight is 277 g/mol. The molecule has 20 heavy (non-hydrogen) atoms. The van der Waals surface area contributed by atoms with Crippen molar-refractivity contribution < 1.29 is 9.53 Å². The van der Waals surface area contributed by atoms with E-state index in [4.69, 9.17) is 9.84 Å². The Bertz CT molecular complexity index is 465. The van der Waals surface area contributed by atoms with Crippen LogP contribution in [0.5, 0.6) is 0 Å². The van der Waals surface area contributed by atoms with Crippen molar-refractivity contribution in [2.75, 3.05) is 20.2 Å². The van der Waals surface area contributed by atoms with E-state index in [1.807, 2.05) is 0 Å². The fraction of sp³-hybridized carbons (Fsp3) is 0.733. The van der Waals surface area contributed by atoms with Gasteiger partial charge < -0.3 is 4.74 Å². The van der Waals surface area contributed by atoms with Crippen LogP contribution in [0.25, 0.3) is 0 Å². The molecule has 1 unspecified atom stereocenters. The summed E-state index contributed by atoms with van der Waals surface area (Å²) in [6.45, 7) is 2.59. The van der Waals surface area contributed by atoms with Gasteiger partial charge in [-0.2, -0.15) is 5.10 Å². The first-order chi connectivity index (χ1) is 9.76. The monoisotopic (exact) mass is 277 g/mol. The van der Waals surface area contributed by atoms with Crippen LogP contribution in [0.2, 0.25) is 0 Å². The molecule has 5 nitrogen and oxygen atoms in total. The van der Waals surface area contributed by atoms with E-state index in [0.717, 1.165) is 31.7 Å². The minimum Gasteiger partial charge on any atom is -0.469 e. The molecule has 1 saturated heterocycles. The summed E-state index contributed by atoms with van der Waals surface area (Å²) in [5.41, 5.74) is 1.11. The molecule has 3 rings (SSSR count). The van der Waals surface area contributed by atoms with E-state index in [1.54, 1.807) is 0 Å². The lowest BCUT2D eigenvalue weighted by atomic mass is 10.1. The zero-order valence-electron chi connectivity index (χ0n) is 12.1. The van der Waals surface area contributed by atoms with Crippen LogP contribution in [0.3, 0.4) is 0 Å². The molecule has 1 aliphatic carbocycles. The van der Waals surface area contributed by atoms with Crippen molar-refractivity contribution in [1.82, 2.24) is 14.7 Å². The second-order valence-corrected chi connectivity index (χ2v) is 5.97. The van der Waals surface area contributed by atoms with E-state index >= 15 is 0 Å². The summed E-state index contributed by atoms with van der Waals surface area (Å²) in [6, 6.07) is 2.72. The third-order valence-electron chi connectivity index (χ3n) is 4.55. The molecule has 0 bridgehead atoms. The molecule has 1 atom stereocenters. The van der Waals surface area contributed by atoms with Crippen molar-refractivity contribution in [1.29, 1.82) is 0 Å². The molecule has 1 aliphatic heterocycles. The first-order valence-corrected chi connectivity index (χ1v) is 7.60. The molecule has 5 heteroatoms. The van der Waals surface area contributed by atoms with Gasteiger partial charge >= 0.3 is 5.97 Å². The molecular weight excluding hydrogens is 254 g/mol. The van der Waals surface area contributed by atoms with Gasteiger partial charge in [-0.3, -0.25) is 14.4 Å². The fourth-order valence-electron chi connectivity index (χ4n) is 3.40. The van der Waals surface area contributed by atoms with E-state index in [-0.39, 0.29) is 11.9 Å². The Labute approximate surface area is 119 Å². The number of ether oxygens (including phenoxy) is 1. The lowest BCUT2D eigenvalue weighted by molar-refractivity contribution is -0.144. The summed E-state index contributed by atoms with van der Waals surface area (Å²) >= 11 is 0. The SMILES string of the molecule is COC(=O)C1CCN(Cc2ccn(C3CCCC3)n2)C1. The number of rotatable bonds is 4. The standard InChI is InChI=1S/C15H23N3O2/c1-20-15(19)12-6-8-17(10-12)11-13-7-9-18(16-13)14-4-2-3-5-14/h7,9,12,14H,2-6,8,10-11H2,1H3. The van der Waals surface area contributed by atoms with Crippen molar-refractivity contribution >= 4 is 5.97 Å². The van der Waals surface area contributed by atoms with Gasteiger partial charge in [-0.25, -0.2) is 0 Å². The van der Waals surface area contributed by atoms with Crippen LogP contribution in [0.4, 0.5) is 0 Å². The number of carbonyl (C=O) groups excluding carboxylic acids is 1. The molecule has 2 fully saturated rings. The average Bonchev–Trinajstić information content (AvgIpc) is 3.19. The Morgan fingerprint density at radius 1 is 1.40 bits per heavy atom. The van der Waals surface area contributed by atoms with Crippen molar-refractivity contribution in [2.45, 2.75) is 44.7 Å². The molecule has 2 heterocycles. The molecule has 0 amide bonds. The minimum atomic E-state index is -0.0796. The molecule has 0 N–H and O–H groups in total. The molecule has 110 valence electrons. The van der Waals surface area contributed by atoms with Gasteiger partial charge in [0.05, 0.1) is 24.8 Å². The third kappa shape index (κ3) is 2.87. The highest BCUT2D eigenvalue weighted by Crippen LogP contribution is 2.29. The maximum absolute atomic E-state index is 11.5. The Hall–Kier alpha value is -1.36. The highest BCUT2D eigenvalue weighted by atomic mass is 16.5. The molecule has 0 aromatic carbocycles. The van der Waals surface area contributed by atoms with Gasteiger partial charge in [0.2, 0.25) is 0 Å². The van der Waals surface area contributed by atoms with E-state index in [1.165, 1.54) is 32.8 Å². The smallest absolute Gasteiger partial charge is 0.310 e. The summed E-state index contributed by atoms with van der Waals surface area (Å²) in [5, 5.41) is 4.70. The van der Waals surface area contributed by atoms with E-state index in [0.29, 0.717) is 6.04 Å². The number of esters is 1. The zero-order chi connectivity index (χ0) is 13.9. The van der Waals surface area contributed by atoms with Gasteiger partial charge in [-0.15, -0.1) is 0 Å². The number of nitrogens with zero attached hydrogens (tertiary/aromatic N) is 3. The van der Waals surface area contributed by atoms with E-state index in [9.17, 15) is 4.79 Å². The van der Waals surface area contributed by atoms with E-state index < -0.39 is 0 Å². The van der Waals surface area contributed by atoms with Crippen molar-refractivity contribution in [3.8, 4) is 0 Å². The highest BCUT2D eigenvalue weighted by molar-refractivity contribution is 5.72. The quantitative estimate of drug-likeness (QED) is 0.790. The van der Waals surface area contributed by atoms with Gasteiger partial charge in [0, 0.05) is 19.3 Å². The lowest BCUT2D eigenvalue weighted by Crippen LogP contribution is -2.24. The molecule has 0 radical (unpaired) electrons. The van der Waals surface area contributed by atoms with E-state index in [2.05, 4.69) is 21.8 Å². The maximum Gasteiger partial charge on any atom is 0.310 e. The highest BCUT2D eigenvalue weighted by Gasteiger charge is 2.29. The first kappa shape index (κ1) is 13.6. The van der Waals surface area contributed by atoms with Crippen LogP contribution in [0, 0.1) is 5.92 Å². The number of hydrogen-bond donors (Lipinski definition) is 0.